The van der Waals surface area contributed by atoms with E-state index in [2.05, 4.69) is 22.0 Å². The molecule has 0 bridgehead atoms. The monoisotopic (exact) mass is 286 g/mol. The minimum atomic E-state index is 0.345. The first kappa shape index (κ1) is 14.3. The molecule has 1 atom stereocenters. The van der Waals surface area contributed by atoms with Gasteiger partial charge in [-0.3, -0.25) is 9.88 Å². The number of aromatic nitrogens is 1. The van der Waals surface area contributed by atoms with E-state index in [9.17, 15) is 0 Å². The Labute approximate surface area is 125 Å². The SMILES string of the molecule is Cc1ccc(CN(Cc2cccnc2)CC2CCCO2)o1. The summed E-state index contributed by atoms with van der Waals surface area (Å²) in [4.78, 5) is 6.58. The van der Waals surface area contributed by atoms with Crippen molar-refractivity contribution in [3.8, 4) is 0 Å². The smallest absolute Gasteiger partial charge is 0.118 e. The topological polar surface area (TPSA) is 38.5 Å². The fraction of sp³-hybridized carbons (Fsp3) is 0.471. The van der Waals surface area contributed by atoms with Crippen molar-refractivity contribution in [3.05, 3.63) is 53.7 Å². The van der Waals surface area contributed by atoms with Crippen LogP contribution in [0.15, 0.2) is 41.1 Å². The minimum absolute atomic E-state index is 0.345. The Morgan fingerprint density at radius 2 is 2.24 bits per heavy atom. The molecular weight excluding hydrogens is 264 g/mol. The molecule has 0 amide bonds. The highest BCUT2D eigenvalue weighted by molar-refractivity contribution is 5.10. The van der Waals surface area contributed by atoms with Crippen LogP contribution in [0.2, 0.25) is 0 Å². The van der Waals surface area contributed by atoms with E-state index >= 15 is 0 Å². The second-order valence-corrected chi connectivity index (χ2v) is 5.68. The van der Waals surface area contributed by atoms with E-state index in [0.717, 1.165) is 44.2 Å². The highest BCUT2D eigenvalue weighted by Crippen LogP contribution is 2.18. The Morgan fingerprint density at radius 1 is 1.29 bits per heavy atom. The molecule has 4 heteroatoms. The summed E-state index contributed by atoms with van der Waals surface area (Å²) in [6.07, 6.45) is 6.41. The zero-order valence-electron chi connectivity index (χ0n) is 12.5. The lowest BCUT2D eigenvalue weighted by Gasteiger charge is -2.24. The predicted molar refractivity (Wildman–Crippen MR) is 80.8 cm³/mol. The molecule has 4 nitrogen and oxygen atoms in total. The van der Waals surface area contributed by atoms with E-state index < -0.39 is 0 Å². The van der Waals surface area contributed by atoms with Gasteiger partial charge >= 0.3 is 0 Å². The lowest BCUT2D eigenvalue weighted by atomic mass is 10.2. The van der Waals surface area contributed by atoms with Crippen molar-refractivity contribution in [2.75, 3.05) is 13.2 Å². The maximum atomic E-state index is 5.78. The second-order valence-electron chi connectivity index (χ2n) is 5.68. The summed E-state index contributed by atoms with van der Waals surface area (Å²) in [5.74, 6) is 1.97. The second kappa shape index (κ2) is 6.87. The molecule has 3 heterocycles. The average Bonchev–Trinajstić information content (AvgIpc) is 3.12. The van der Waals surface area contributed by atoms with Gasteiger partial charge in [0.15, 0.2) is 0 Å². The van der Waals surface area contributed by atoms with E-state index in [4.69, 9.17) is 9.15 Å². The Balaban J connectivity index is 1.67. The number of rotatable bonds is 6. The maximum Gasteiger partial charge on any atom is 0.118 e. The van der Waals surface area contributed by atoms with Crippen LogP contribution in [0.5, 0.6) is 0 Å². The molecule has 2 aromatic heterocycles. The van der Waals surface area contributed by atoms with E-state index in [-0.39, 0.29) is 0 Å². The largest absolute Gasteiger partial charge is 0.465 e. The van der Waals surface area contributed by atoms with Crippen LogP contribution in [0.3, 0.4) is 0 Å². The van der Waals surface area contributed by atoms with Gasteiger partial charge in [-0.05, 0) is 43.5 Å². The van der Waals surface area contributed by atoms with E-state index in [1.54, 1.807) is 0 Å². The van der Waals surface area contributed by atoms with E-state index in [1.165, 1.54) is 12.0 Å². The van der Waals surface area contributed by atoms with Gasteiger partial charge in [-0.2, -0.15) is 0 Å². The summed E-state index contributed by atoms with van der Waals surface area (Å²) >= 11 is 0. The van der Waals surface area contributed by atoms with Crippen molar-refractivity contribution < 1.29 is 9.15 Å². The molecule has 1 aliphatic rings. The summed E-state index contributed by atoms with van der Waals surface area (Å²) in [5.41, 5.74) is 1.22. The van der Waals surface area contributed by atoms with Gasteiger partial charge in [-0.25, -0.2) is 0 Å². The molecule has 3 rings (SSSR count). The first-order chi connectivity index (χ1) is 10.3. The fourth-order valence-electron chi connectivity index (χ4n) is 2.80. The number of ether oxygens (including phenoxy) is 1. The van der Waals surface area contributed by atoms with Crippen molar-refractivity contribution in [1.29, 1.82) is 0 Å². The van der Waals surface area contributed by atoms with Crippen LogP contribution in [0.25, 0.3) is 0 Å². The minimum Gasteiger partial charge on any atom is -0.465 e. The first-order valence-electron chi connectivity index (χ1n) is 7.58. The third-order valence-electron chi connectivity index (χ3n) is 3.79. The molecule has 1 saturated heterocycles. The van der Waals surface area contributed by atoms with Gasteiger partial charge in [0.25, 0.3) is 0 Å². The number of hydrogen-bond donors (Lipinski definition) is 0. The van der Waals surface area contributed by atoms with Gasteiger partial charge in [-0.1, -0.05) is 6.07 Å². The molecule has 0 aromatic carbocycles. The van der Waals surface area contributed by atoms with Crippen LogP contribution in [0.4, 0.5) is 0 Å². The van der Waals surface area contributed by atoms with Crippen molar-refractivity contribution in [2.45, 2.75) is 39.0 Å². The zero-order chi connectivity index (χ0) is 14.5. The third kappa shape index (κ3) is 4.16. The number of hydrogen-bond acceptors (Lipinski definition) is 4. The number of furan rings is 1. The van der Waals surface area contributed by atoms with Crippen LogP contribution in [-0.4, -0.2) is 29.1 Å². The summed E-state index contributed by atoms with van der Waals surface area (Å²) in [6.45, 7) is 5.49. The van der Waals surface area contributed by atoms with Crippen molar-refractivity contribution in [3.63, 3.8) is 0 Å². The van der Waals surface area contributed by atoms with Gasteiger partial charge in [0.1, 0.15) is 11.5 Å². The normalized spacial score (nSPS) is 18.5. The first-order valence-corrected chi connectivity index (χ1v) is 7.58. The van der Waals surface area contributed by atoms with E-state index in [1.807, 2.05) is 31.5 Å². The molecule has 1 unspecified atom stereocenters. The number of pyridine rings is 1. The summed E-state index contributed by atoms with van der Waals surface area (Å²) in [7, 11) is 0. The fourth-order valence-corrected chi connectivity index (χ4v) is 2.80. The standard InChI is InChI=1S/C17H22N2O2/c1-14-6-7-17(21-14)13-19(12-16-5-3-9-20-16)11-15-4-2-8-18-10-15/h2,4,6-8,10,16H,3,5,9,11-13H2,1H3. The molecule has 2 aromatic rings. The Kier molecular flexibility index (Phi) is 4.68. The van der Waals surface area contributed by atoms with Crippen molar-refractivity contribution in [1.82, 2.24) is 9.88 Å². The predicted octanol–water partition coefficient (Wildman–Crippen LogP) is 3.16. The zero-order valence-corrected chi connectivity index (χ0v) is 12.5. The van der Waals surface area contributed by atoms with Gasteiger partial charge < -0.3 is 9.15 Å². The Bertz CT molecular complexity index is 547. The van der Waals surface area contributed by atoms with Crippen LogP contribution >= 0.6 is 0 Å². The molecule has 0 saturated carbocycles. The van der Waals surface area contributed by atoms with Crippen molar-refractivity contribution >= 4 is 0 Å². The van der Waals surface area contributed by atoms with Crippen LogP contribution < -0.4 is 0 Å². The number of nitrogens with zero attached hydrogens (tertiary/aromatic N) is 2. The highest BCUT2D eigenvalue weighted by atomic mass is 16.5. The van der Waals surface area contributed by atoms with Crippen LogP contribution in [0, 0.1) is 6.92 Å². The Hall–Kier alpha value is -1.65. The molecular formula is C17H22N2O2. The third-order valence-corrected chi connectivity index (χ3v) is 3.79. The maximum absolute atomic E-state index is 5.78. The van der Waals surface area contributed by atoms with Gasteiger partial charge in [-0.15, -0.1) is 0 Å². The van der Waals surface area contributed by atoms with Crippen LogP contribution in [0.1, 0.15) is 29.9 Å². The quantitative estimate of drug-likeness (QED) is 0.817. The molecule has 1 fully saturated rings. The summed E-state index contributed by atoms with van der Waals surface area (Å²) in [6, 6.07) is 8.17. The van der Waals surface area contributed by atoms with Gasteiger partial charge in [0.2, 0.25) is 0 Å². The molecule has 112 valence electrons. The molecule has 0 N–H and O–H groups in total. The average molecular weight is 286 g/mol. The Morgan fingerprint density at radius 3 is 2.90 bits per heavy atom. The lowest BCUT2D eigenvalue weighted by molar-refractivity contribution is 0.0654. The van der Waals surface area contributed by atoms with Gasteiger partial charge in [0, 0.05) is 32.1 Å². The molecule has 0 radical (unpaired) electrons. The molecule has 0 spiro atoms. The summed E-state index contributed by atoms with van der Waals surface area (Å²) in [5, 5.41) is 0. The molecule has 1 aliphatic heterocycles. The van der Waals surface area contributed by atoms with Crippen molar-refractivity contribution in [2.24, 2.45) is 0 Å². The van der Waals surface area contributed by atoms with Gasteiger partial charge in [0.05, 0.1) is 12.6 Å². The number of aryl methyl sites for hydroxylation is 1. The highest BCUT2D eigenvalue weighted by Gasteiger charge is 2.20. The molecule has 0 aliphatic carbocycles. The van der Waals surface area contributed by atoms with E-state index in [0.29, 0.717) is 6.10 Å². The van der Waals surface area contributed by atoms with Crippen LogP contribution in [-0.2, 0) is 17.8 Å². The lowest BCUT2D eigenvalue weighted by Crippen LogP contribution is -2.31. The molecule has 21 heavy (non-hydrogen) atoms. The summed E-state index contributed by atoms with van der Waals surface area (Å²) < 4.78 is 11.5.